The molecule has 3 aromatic rings. The van der Waals surface area contributed by atoms with Crippen LogP contribution in [0.5, 0.6) is 0 Å². The van der Waals surface area contributed by atoms with Gasteiger partial charge in [-0.15, -0.1) is 0 Å². The molecule has 0 saturated carbocycles. The Morgan fingerprint density at radius 1 is 0.920 bits per heavy atom. The monoisotopic (exact) mass is 358 g/mol. The number of alkyl halides is 2. The van der Waals surface area contributed by atoms with Crippen molar-refractivity contribution in [1.82, 2.24) is 0 Å². The Bertz CT molecular complexity index is 881. The highest BCUT2D eigenvalue weighted by atomic mass is 32.2. The van der Waals surface area contributed by atoms with Crippen LogP contribution in [0.2, 0.25) is 0 Å². The van der Waals surface area contributed by atoms with Crippen LogP contribution in [-0.2, 0) is 4.79 Å². The Balaban J connectivity index is 1.67. The normalized spacial score (nSPS) is 10.8. The summed E-state index contributed by atoms with van der Waals surface area (Å²) in [6.07, 6.45) is 0. The van der Waals surface area contributed by atoms with Crippen LogP contribution >= 0.6 is 11.8 Å². The van der Waals surface area contributed by atoms with E-state index in [1.54, 1.807) is 24.3 Å². The molecule has 3 aromatic carbocycles. The first-order valence-electron chi connectivity index (χ1n) is 7.69. The summed E-state index contributed by atoms with van der Waals surface area (Å²) in [7, 11) is 0. The minimum Gasteiger partial charge on any atom is -0.376 e. The van der Waals surface area contributed by atoms with Crippen molar-refractivity contribution in [2.75, 3.05) is 17.2 Å². The van der Waals surface area contributed by atoms with Gasteiger partial charge in [-0.3, -0.25) is 4.79 Å². The van der Waals surface area contributed by atoms with E-state index in [0.29, 0.717) is 22.3 Å². The highest BCUT2D eigenvalue weighted by Gasteiger charge is 2.12. The zero-order chi connectivity index (χ0) is 17.6. The SMILES string of the molecule is O=C(CNc1cccc2ccccc12)Nc1ccccc1SC(F)F. The van der Waals surface area contributed by atoms with Crippen LogP contribution in [0.15, 0.2) is 71.6 Å². The van der Waals surface area contributed by atoms with E-state index < -0.39 is 5.76 Å². The number of halogens is 2. The fourth-order valence-electron chi connectivity index (χ4n) is 2.52. The minimum atomic E-state index is -2.54. The van der Waals surface area contributed by atoms with Crippen molar-refractivity contribution in [2.45, 2.75) is 10.7 Å². The van der Waals surface area contributed by atoms with Crippen LogP contribution in [0.3, 0.4) is 0 Å². The van der Waals surface area contributed by atoms with Gasteiger partial charge in [0, 0.05) is 16.0 Å². The van der Waals surface area contributed by atoms with Crippen molar-refractivity contribution in [1.29, 1.82) is 0 Å². The molecule has 128 valence electrons. The van der Waals surface area contributed by atoms with Crippen LogP contribution in [0, 0.1) is 0 Å². The van der Waals surface area contributed by atoms with Gasteiger partial charge in [0.1, 0.15) is 0 Å². The zero-order valence-electron chi connectivity index (χ0n) is 13.2. The summed E-state index contributed by atoms with van der Waals surface area (Å²) in [5.74, 6) is -2.83. The summed E-state index contributed by atoms with van der Waals surface area (Å²) in [4.78, 5) is 12.5. The van der Waals surface area contributed by atoms with Gasteiger partial charge in [0.2, 0.25) is 5.91 Å². The topological polar surface area (TPSA) is 41.1 Å². The van der Waals surface area contributed by atoms with Gasteiger partial charge in [-0.05, 0) is 23.6 Å². The van der Waals surface area contributed by atoms with Crippen molar-refractivity contribution < 1.29 is 13.6 Å². The second-order valence-corrected chi connectivity index (χ2v) is 6.33. The van der Waals surface area contributed by atoms with Gasteiger partial charge in [-0.1, -0.05) is 60.3 Å². The minimum absolute atomic E-state index is 0.0433. The standard InChI is InChI=1S/C19H16F2N2OS/c20-19(21)25-17-11-4-3-9-16(17)23-18(24)12-22-15-10-5-7-13-6-1-2-8-14(13)15/h1-11,19,22H,12H2,(H,23,24). The van der Waals surface area contributed by atoms with E-state index in [4.69, 9.17) is 0 Å². The fraction of sp³-hybridized carbons (Fsp3) is 0.105. The van der Waals surface area contributed by atoms with E-state index in [1.807, 2.05) is 42.5 Å². The van der Waals surface area contributed by atoms with Crippen LogP contribution in [0.25, 0.3) is 10.8 Å². The van der Waals surface area contributed by atoms with E-state index in [2.05, 4.69) is 10.6 Å². The average molecular weight is 358 g/mol. The molecular weight excluding hydrogens is 342 g/mol. The Labute approximate surface area is 148 Å². The molecule has 1 amide bonds. The molecule has 3 rings (SSSR count). The molecule has 0 aromatic heterocycles. The number of carbonyl (C=O) groups excluding carboxylic acids is 1. The van der Waals surface area contributed by atoms with E-state index in [-0.39, 0.29) is 12.5 Å². The van der Waals surface area contributed by atoms with Gasteiger partial charge in [0.05, 0.1) is 12.2 Å². The lowest BCUT2D eigenvalue weighted by molar-refractivity contribution is -0.114. The summed E-state index contributed by atoms with van der Waals surface area (Å²) in [5.41, 5.74) is 1.24. The number of para-hydroxylation sites is 1. The largest absolute Gasteiger partial charge is 0.376 e. The number of anilines is 2. The lowest BCUT2D eigenvalue weighted by Crippen LogP contribution is -2.22. The smallest absolute Gasteiger partial charge is 0.288 e. The number of fused-ring (bicyclic) bond motifs is 1. The first-order chi connectivity index (χ1) is 12.1. The second kappa shape index (κ2) is 7.98. The quantitative estimate of drug-likeness (QED) is 0.595. The van der Waals surface area contributed by atoms with E-state index in [9.17, 15) is 13.6 Å². The number of carbonyl (C=O) groups is 1. The molecule has 0 spiro atoms. The summed E-state index contributed by atoms with van der Waals surface area (Å²) in [6, 6.07) is 20.2. The number of nitrogens with one attached hydrogen (secondary N) is 2. The maximum atomic E-state index is 12.6. The van der Waals surface area contributed by atoms with Gasteiger partial charge in [-0.2, -0.15) is 8.78 Å². The number of amides is 1. The third-order valence-electron chi connectivity index (χ3n) is 3.61. The van der Waals surface area contributed by atoms with Gasteiger partial charge in [-0.25, -0.2) is 0 Å². The molecule has 2 N–H and O–H groups in total. The Morgan fingerprint density at radius 2 is 1.60 bits per heavy atom. The van der Waals surface area contributed by atoms with E-state index in [0.717, 1.165) is 16.5 Å². The Hall–Kier alpha value is -2.60. The summed E-state index contributed by atoms with van der Waals surface area (Å²) < 4.78 is 25.2. The highest BCUT2D eigenvalue weighted by Crippen LogP contribution is 2.31. The molecule has 0 radical (unpaired) electrons. The molecule has 0 aliphatic heterocycles. The van der Waals surface area contributed by atoms with Crippen molar-refractivity contribution in [2.24, 2.45) is 0 Å². The molecular formula is C19H16F2N2OS. The number of hydrogen-bond donors (Lipinski definition) is 2. The first kappa shape index (κ1) is 17.2. The Morgan fingerprint density at radius 3 is 2.44 bits per heavy atom. The van der Waals surface area contributed by atoms with Gasteiger partial charge in [0.15, 0.2) is 0 Å². The Kier molecular flexibility index (Phi) is 5.50. The molecule has 0 unspecified atom stereocenters. The number of thioether (sulfide) groups is 1. The molecule has 3 nitrogen and oxygen atoms in total. The van der Waals surface area contributed by atoms with Crippen LogP contribution in [0.1, 0.15) is 0 Å². The van der Waals surface area contributed by atoms with Crippen molar-refractivity contribution in [3.8, 4) is 0 Å². The third kappa shape index (κ3) is 4.48. The van der Waals surface area contributed by atoms with Crippen molar-refractivity contribution >= 4 is 39.8 Å². The van der Waals surface area contributed by atoms with Crippen LogP contribution < -0.4 is 10.6 Å². The molecule has 6 heteroatoms. The molecule has 0 bridgehead atoms. The molecule has 0 aliphatic rings. The molecule has 25 heavy (non-hydrogen) atoms. The molecule has 0 aliphatic carbocycles. The summed E-state index contributed by atoms with van der Waals surface area (Å²) in [6.45, 7) is 0.0433. The second-order valence-electron chi connectivity index (χ2n) is 5.30. The van der Waals surface area contributed by atoms with Crippen molar-refractivity contribution in [3.63, 3.8) is 0 Å². The molecule has 0 saturated heterocycles. The maximum absolute atomic E-state index is 12.6. The van der Waals surface area contributed by atoms with Gasteiger partial charge in [0.25, 0.3) is 5.76 Å². The van der Waals surface area contributed by atoms with Crippen molar-refractivity contribution in [3.05, 3.63) is 66.7 Å². The average Bonchev–Trinajstić information content (AvgIpc) is 2.61. The van der Waals surface area contributed by atoms with Crippen LogP contribution in [-0.4, -0.2) is 18.2 Å². The van der Waals surface area contributed by atoms with Crippen LogP contribution in [0.4, 0.5) is 20.2 Å². The first-order valence-corrected chi connectivity index (χ1v) is 8.57. The molecule has 0 fully saturated rings. The van der Waals surface area contributed by atoms with E-state index >= 15 is 0 Å². The van der Waals surface area contributed by atoms with Gasteiger partial charge < -0.3 is 10.6 Å². The fourth-order valence-corrected chi connectivity index (χ4v) is 3.11. The lowest BCUT2D eigenvalue weighted by Gasteiger charge is -2.12. The van der Waals surface area contributed by atoms with E-state index in [1.165, 1.54) is 0 Å². The number of rotatable bonds is 6. The number of hydrogen-bond acceptors (Lipinski definition) is 3. The molecule has 0 atom stereocenters. The third-order valence-corrected chi connectivity index (χ3v) is 4.39. The summed E-state index contributed by atoms with van der Waals surface area (Å²) in [5, 5.41) is 7.87. The van der Waals surface area contributed by atoms with Gasteiger partial charge >= 0.3 is 0 Å². The predicted molar refractivity (Wildman–Crippen MR) is 99.4 cm³/mol. The highest BCUT2D eigenvalue weighted by molar-refractivity contribution is 7.99. The molecule has 0 heterocycles. The zero-order valence-corrected chi connectivity index (χ0v) is 14.0. The maximum Gasteiger partial charge on any atom is 0.288 e. The lowest BCUT2D eigenvalue weighted by atomic mass is 10.1. The number of benzene rings is 3. The predicted octanol–water partition coefficient (Wildman–Crippen LogP) is 5.21. The summed E-state index contributed by atoms with van der Waals surface area (Å²) >= 11 is 0.415.